The molecule has 0 spiro atoms. The maximum Gasteiger partial charge on any atom is 0.322 e. The lowest BCUT2D eigenvalue weighted by atomic mass is 10.2. The minimum Gasteiger partial charge on any atom is -0.468 e. The first-order valence-electron chi connectivity index (χ1n) is 4.46. The Labute approximate surface area is 84.7 Å². The van der Waals surface area contributed by atoms with Gasteiger partial charge < -0.3 is 14.2 Å². The van der Waals surface area contributed by atoms with Gasteiger partial charge in [0.05, 0.1) is 13.2 Å². The molecule has 1 N–H and O–H groups in total. The van der Waals surface area contributed by atoms with Gasteiger partial charge in [0.2, 0.25) is 0 Å². The SMILES string of the molecule is COC(=O)[C@H](C)NC(C)C(OC)OC. The monoisotopic (exact) mass is 205 g/mol. The second-order valence-corrected chi connectivity index (χ2v) is 3.04. The molecule has 0 saturated heterocycles. The second-order valence-electron chi connectivity index (χ2n) is 3.04. The number of carbonyl (C=O) groups excluding carboxylic acids is 1. The molecule has 0 fully saturated rings. The summed E-state index contributed by atoms with van der Waals surface area (Å²) in [5.41, 5.74) is 0. The zero-order valence-corrected chi connectivity index (χ0v) is 9.37. The summed E-state index contributed by atoms with van der Waals surface area (Å²) in [4.78, 5) is 11.1. The highest BCUT2D eigenvalue weighted by molar-refractivity contribution is 5.75. The van der Waals surface area contributed by atoms with Crippen molar-refractivity contribution in [3.8, 4) is 0 Å². The Balaban J connectivity index is 4.03. The van der Waals surface area contributed by atoms with Gasteiger partial charge in [-0.1, -0.05) is 0 Å². The van der Waals surface area contributed by atoms with Crippen molar-refractivity contribution >= 4 is 5.97 Å². The third-order valence-electron chi connectivity index (χ3n) is 1.94. The van der Waals surface area contributed by atoms with E-state index in [1.54, 1.807) is 21.1 Å². The molecule has 0 amide bonds. The van der Waals surface area contributed by atoms with E-state index < -0.39 is 0 Å². The number of methoxy groups -OCH3 is 3. The van der Waals surface area contributed by atoms with E-state index in [9.17, 15) is 4.79 Å². The average Bonchev–Trinajstić information content (AvgIpc) is 2.18. The zero-order chi connectivity index (χ0) is 11.1. The van der Waals surface area contributed by atoms with Crippen molar-refractivity contribution in [2.24, 2.45) is 0 Å². The third kappa shape index (κ3) is 4.04. The van der Waals surface area contributed by atoms with Gasteiger partial charge in [-0.2, -0.15) is 0 Å². The second kappa shape index (κ2) is 6.75. The van der Waals surface area contributed by atoms with Gasteiger partial charge in [0.15, 0.2) is 6.29 Å². The van der Waals surface area contributed by atoms with Crippen molar-refractivity contribution in [1.82, 2.24) is 5.32 Å². The summed E-state index contributed by atoms with van der Waals surface area (Å²) in [5.74, 6) is -0.303. The maximum atomic E-state index is 11.1. The van der Waals surface area contributed by atoms with Crippen molar-refractivity contribution in [2.45, 2.75) is 32.2 Å². The van der Waals surface area contributed by atoms with Gasteiger partial charge in [0.25, 0.3) is 0 Å². The van der Waals surface area contributed by atoms with Crippen LogP contribution in [0.1, 0.15) is 13.8 Å². The lowest BCUT2D eigenvalue weighted by Crippen LogP contribution is -2.47. The molecule has 0 bridgehead atoms. The lowest BCUT2D eigenvalue weighted by molar-refractivity contribution is -0.145. The van der Waals surface area contributed by atoms with Gasteiger partial charge in [-0.15, -0.1) is 0 Å². The average molecular weight is 205 g/mol. The first-order chi connectivity index (χ1) is 6.56. The molecule has 5 nitrogen and oxygen atoms in total. The Morgan fingerprint density at radius 2 is 1.64 bits per heavy atom. The smallest absolute Gasteiger partial charge is 0.322 e. The third-order valence-corrected chi connectivity index (χ3v) is 1.94. The van der Waals surface area contributed by atoms with E-state index in [1.165, 1.54) is 7.11 Å². The lowest BCUT2D eigenvalue weighted by Gasteiger charge is -2.24. The normalized spacial score (nSPS) is 15.3. The van der Waals surface area contributed by atoms with Crippen LogP contribution in [0.3, 0.4) is 0 Å². The molecule has 14 heavy (non-hydrogen) atoms. The van der Waals surface area contributed by atoms with Crippen LogP contribution in [0.4, 0.5) is 0 Å². The van der Waals surface area contributed by atoms with Gasteiger partial charge in [-0.3, -0.25) is 10.1 Å². The Kier molecular flexibility index (Phi) is 6.44. The van der Waals surface area contributed by atoms with Gasteiger partial charge >= 0.3 is 5.97 Å². The van der Waals surface area contributed by atoms with Crippen LogP contribution in [0.25, 0.3) is 0 Å². The number of ether oxygens (including phenoxy) is 3. The predicted molar refractivity (Wildman–Crippen MR) is 51.9 cm³/mol. The molecule has 0 heterocycles. The molecule has 0 radical (unpaired) electrons. The van der Waals surface area contributed by atoms with E-state index in [2.05, 4.69) is 10.1 Å². The van der Waals surface area contributed by atoms with Crippen LogP contribution in [-0.2, 0) is 19.0 Å². The molecule has 84 valence electrons. The summed E-state index contributed by atoms with van der Waals surface area (Å²) >= 11 is 0. The van der Waals surface area contributed by atoms with Crippen molar-refractivity contribution in [2.75, 3.05) is 21.3 Å². The van der Waals surface area contributed by atoms with Gasteiger partial charge in [-0.25, -0.2) is 0 Å². The highest BCUT2D eigenvalue weighted by Crippen LogP contribution is 2.00. The predicted octanol–water partition coefficient (Wildman–Crippen LogP) is 0.145. The summed E-state index contributed by atoms with van der Waals surface area (Å²) in [6.45, 7) is 3.60. The van der Waals surface area contributed by atoms with Gasteiger partial charge in [-0.05, 0) is 13.8 Å². The first-order valence-corrected chi connectivity index (χ1v) is 4.46. The molecule has 1 unspecified atom stereocenters. The first kappa shape index (κ1) is 13.4. The molecule has 0 aliphatic heterocycles. The van der Waals surface area contributed by atoms with Crippen LogP contribution in [0.2, 0.25) is 0 Å². The molecule has 5 heteroatoms. The minimum absolute atomic E-state index is 0.0842. The largest absolute Gasteiger partial charge is 0.468 e. The van der Waals surface area contributed by atoms with Crippen molar-refractivity contribution in [3.63, 3.8) is 0 Å². The van der Waals surface area contributed by atoms with Gasteiger partial charge in [0, 0.05) is 14.2 Å². The van der Waals surface area contributed by atoms with Gasteiger partial charge in [0.1, 0.15) is 6.04 Å². The van der Waals surface area contributed by atoms with E-state index >= 15 is 0 Å². The number of rotatable bonds is 6. The Morgan fingerprint density at radius 3 is 2.00 bits per heavy atom. The zero-order valence-electron chi connectivity index (χ0n) is 9.37. The highest BCUT2D eigenvalue weighted by Gasteiger charge is 2.21. The summed E-state index contributed by atoms with van der Waals surface area (Å²) in [6.07, 6.45) is -0.373. The fourth-order valence-electron chi connectivity index (χ4n) is 1.22. The van der Waals surface area contributed by atoms with Crippen LogP contribution >= 0.6 is 0 Å². The van der Waals surface area contributed by atoms with Crippen molar-refractivity contribution in [3.05, 3.63) is 0 Å². The Bertz CT molecular complexity index is 170. The van der Waals surface area contributed by atoms with Crippen LogP contribution in [0, 0.1) is 0 Å². The fourth-order valence-corrected chi connectivity index (χ4v) is 1.22. The number of esters is 1. The van der Waals surface area contributed by atoms with Crippen LogP contribution in [-0.4, -0.2) is 45.7 Å². The number of nitrogens with one attached hydrogen (secondary N) is 1. The molecular weight excluding hydrogens is 186 g/mol. The quantitative estimate of drug-likeness (QED) is 0.494. The fraction of sp³-hybridized carbons (Fsp3) is 0.889. The summed E-state index contributed by atoms with van der Waals surface area (Å²) in [6, 6.07) is -0.457. The summed E-state index contributed by atoms with van der Waals surface area (Å²) < 4.78 is 14.7. The molecule has 0 aromatic rings. The van der Waals surface area contributed by atoms with Crippen molar-refractivity contribution in [1.29, 1.82) is 0 Å². The summed E-state index contributed by atoms with van der Waals surface area (Å²) in [7, 11) is 4.46. The topological polar surface area (TPSA) is 56.8 Å². The van der Waals surface area contributed by atoms with Crippen molar-refractivity contribution < 1.29 is 19.0 Å². The summed E-state index contributed by atoms with van der Waals surface area (Å²) in [5, 5.41) is 3.01. The van der Waals surface area contributed by atoms with Crippen LogP contribution in [0.5, 0.6) is 0 Å². The maximum absolute atomic E-state index is 11.1. The number of carbonyl (C=O) groups is 1. The molecular formula is C9H19NO4. The molecule has 0 saturated carbocycles. The molecule has 0 rings (SSSR count). The van der Waals surface area contributed by atoms with E-state index in [4.69, 9.17) is 9.47 Å². The molecule has 2 atom stereocenters. The molecule has 0 aliphatic rings. The van der Waals surface area contributed by atoms with Crippen LogP contribution in [0.15, 0.2) is 0 Å². The molecule has 0 aliphatic carbocycles. The minimum atomic E-state index is -0.373. The Morgan fingerprint density at radius 1 is 1.14 bits per heavy atom. The standard InChI is InChI=1S/C9H19NO4/c1-6(8(11)12-3)10-7(2)9(13-4)14-5/h6-7,9-10H,1-5H3/t6-,7?/m0/s1. The van der Waals surface area contributed by atoms with E-state index in [0.29, 0.717) is 0 Å². The number of hydrogen-bond donors (Lipinski definition) is 1. The van der Waals surface area contributed by atoms with E-state index in [0.717, 1.165) is 0 Å². The van der Waals surface area contributed by atoms with E-state index in [1.807, 2.05) is 6.92 Å². The highest BCUT2D eigenvalue weighted by atomic mass is 16.7. The van der Waals surface area contributed by atoms with E-state index in [-0.39, 0.29) is 24.3 Å². The molecule has 0 aromatic carbocycles. The number of hydrogen-bond acceptors (Lipinski definition) is 5. The Hall–Kier alpha value is -0.650. The van der Waals surface area contributed by atoms with Crippen LogP contribution < -0.4 is 5.32 Å². The molecule has 0 aromatic heterocycles.